The Labute approximate surface area is 160 Å². The average Bonchev–Trinajstić information content (AvgIpc) is 2.65. The van der Waals surface area contributed by atoms with E-state index in [0.29, 0.717) is 6.42 Å². The van der Waals surface area contributed by atoms with Crippen molar-refractivity contribution in [3.63, 3.8) is 0 Å². The number of thioether (sulfide) groups is 1. The second-order valence-corrected chi connectivity index (χ2v) is 6.41. The molecule has 0 saturated heterocycles. The van der Waals surface area contributed by atoms with Crippen LogP contribution in [0.15, 0.2) is 0 Å². The van der Waals surface area contributed by atoms with Gasteiger partial charge in [-0.15, -0.1) is 0 Å². The Morgan fingerprint density at radius 2 is 1.48 bits per heavy atom. The maximum atomic E-state index is 11.8. The number of nitrogens with one attached hydrogen (secondary N) is 5. The van der Waals surface area contributed by atoms with E-state index in [1.54, 1.807) is 11.8 Å². The minimum Gasteiger partial charge on any atom is -0.346 e. The largest absolute Gasteiger partial charge is 0.346 e. The predicted octanol–water partition coefficient (Wildman–Crippen LogP) is -3.57. The summed E-state index contributed by atoms with van der Waals surface area (Å²) in [7, 11) is 0. The van der Waals surface area contributed by atoms with Gasteiger partial charge in [0.25, 0.3) is 5.91 Å². The highest BCUT2D eigenvalue weighted by atomic mass is 32.2. The number of carbonyl (C=O) groups excluding carboxylic acids is 5. The SMILES string of the molecule is CSCCC(N)C(=O)NCC(=O)NC(C)C(=O)NCC(=O)NCC(=O)NO. The van der Waals surface area contributed by atoms with Gasteiger partial charge in [0.15, 0.2) is 0 Å². The van der Waals surface area contributed by atoms with Crippen LogP contribution < -0.4 is 32.5 Å². The lowest BCUT2D eigenvalue weighted by atomic mass is 10.2. The van der Waals surface area contributed by atoms with Crippen molar-refractivity contribution in [3.8, 4) is 0 Å². The van der Waals surface area contributed by atoms with Gasteiger partial charge < -0.3 is 27.0 Å². The fourth-order valence-electron chi connectivity index (χ4n) is 1.63. The van der Waals surface area contributed by atoms with Gasteiger partial charge in [-0.3, -0.25) is 29.2 Å². The van der Waals surface area contributed by atoms with Crippen LogP contribution in [0.3, 0.4) is 0 Å². The van der Waals surface area contributed by atoms with E-state index in [0.717, 1.165) is 5.75 Å². The number of rotatable bonds is 12. The Balaban J connectivity index is 4.09. The zero-order valence-electron chi connectivity index (χ0n) is 15.2. The normalized spacial score (nSPS) is 12.3. The summed E-state index contributed by atoms with van der Waals surface area (Å²) in [6.45, 7) is 0.200. The molecule has 12 nitrogen and oxygen atoms in total. The molecule has 8 N–H and O–H groups in total. The zero-order chi connectivity index (χ0) is 20.8. The van der Waals surface area contributed by atoms with E-state index in [9.17, 15) is 24.0 Å². The van der Waals surface area contributed by atoms with Crippen LogP contribution in [0.5, 0.6) is 0 Å². The van der Waals surface area contributed by atoms with Gasteiger partial charge in [0.05, 0.1) is 25.7 Å². The molecule has 5 amide bonds. The standard InChI is InChI=1S/C14H26N6O6S/c1-8(13(24)17-5-10(21)16-7-12(23)20-26)19-11(22)6-18-14(25)9(15)3-4-27-2/h8-9,26H,3-7,15H2,1-2H3,(H,16,21)(H,17,24)(H,18,25)(H,19,22)(H,20,23). The molecule has 0 rings (SSSR count). The van der Waals surface area contributed by atoms with Crippen LogP contribution in [0.25, 0.3) is 0 Å². The second kappa shape index (κ2) is 13.8. The third-order valence-corrected chi connectivity index (χ3v) is 3.80. The van der Waals surface area contributed by atoms with Crippen molar-refractivity contribution in [3.05, 3.63) is 0 Å². The maximum Gasteiger partial charge on any atom is 0.262 e. The van der Waals surface area contributed by atoms with E-state index in [-0.39, 0.29) is 6.54 Å². The van der Waals surface area contributed by atoms with Crippen LogP contribution in [-0.4, -0.2) is 78.5 Å². The first-order valence-corrected chi connectivity index (χ1v) is 9.39. The van der Waals surface area contributed by atoms with Gasteiger partial charge in [-0.25, -0.2) is 5.48 Å². The Bertz CT molecular complexity index is 546. The molecular formula is C14H26N6O6S. The molecule has 0 aliphatic rings. The number of hydrogen-bond acceptors (Lipinski definition) is 8. The summed E-state index contributed by atoms with van der Waals surface area (Å²) in [4.78, 5) is 57.4. The Kier molecular flexibility index (Phi) is 12.6. The molecule has 0 spiro atoms. The molecule has 0 aromatic carbocycles. The van der Waals surface area contributed by atoms with Gasteiger partial charge in [-0.1, -0.05) is 0 Å². The van der Waals surface area contributed by atoms with Crippen molar-refractivity contribution in [2.75, 3.05) is 31.6 Å². The summed E-state index contributed by atoms with van der Waals surface area (Å²) in [5.41, 5.74) is 7.00. The van der Waals surface area contributed by atoms with Crippen LogP contribution in [0.1, 0.15) is 13.3 Å². The molecule has 2 unspecified atom stereocenters. The van der Waals surface area contributed by atoms with Gasteiger partial charge in [-0.2, -0.15) is 11.8 Å². The molecule has 0 bridgehead atoms. The molecular weight excluding hydrogens is 380 g/mol. The van der Waals surface area contributed by atoms with Gasteiger partial charge >= 0.3 is 0 Å². The fourth-order valence-corrected chi connectivity index (χ4v) is 2.12. The van der Waals surface area contributed by atoms with E-state index in [1.165, 1.54) is 12.4 Å². The zero-order valence-corrected chi connectivity index (χ0v) is 16.0. The fraction of sp³-hybridized carbons (Fsp3) is 0.643. The highest BCUT2D eigenvalue weighted by Crippen LogP contribution is 1.98. The van der Waals surface area contributed by atoms with Gasteiger partial charge in [0.2, 0.25) is 23.6 Å². The summed E-state index contributed by atoms with van der Waals surface area (Å²) in [5.74, 6) is -2.43. The number of carbonyl (C=O) groups is 5. The first-order chi connectivity index (χ1) is 12.7. The number of hydrogen-bond donors (Lipinski definition) is 7. The smallest absolute Gasteiger partial charge is 0.262 e. The maximum absolute atomic E-state index is 11.8. The van der Waals surface area contributed by atoms with Gasteiger partial charge in [0, 0.05) is 0 Å². The van der Waals surface area contributed by atoms with Crippen LogP contribution in [0.2, 0.25) is 0 Å². The van der Waals surface area contributed by atoms with E-state index in [1.807, 2.05) is 6.26 Å². The minimum absolute atomic E-state index is 0.333. The minimum atomic E-state index is -0.951. The molecule has 2 atom stereocenters. The molecule has 0 radical (unpaired) electrons. The summed E-state index contributed by atoms with van der Waals surface area (Å²) in [6.07, 6.45) is 2.37. The van der Waals surface area contributed by atoms with E-state index < -0.39 is 54.7 Å². The van der Waals surface area contributed by atoms with Crippen molar-refractivity contribution in [1.29, 1.82) is 0 Å². The first kappa shape index (κ1) is 24.6. The lowest BCUT2D eigenvalue weighted by Crippen LogP contribution is -2.51. The van der Waals surface area contributed by atoms with Crippen LogP contribution in [0.4, 0.5) is 0 Å². The van der Waals surface area contributed by atoms with E-state index in [4.69, 9.17) is 10.9 Å². The van der Waals surface area contributed by atoms with Gasteiger partial charge in [-0.05, 0) is 25.4 Å². The highest BCUT2D eigenvalue weighted by molar-refractivity contribution is 7.98. The molecule has 154 valence electrons. The Hall–Kier alpha value is -2.38. The monoisotopic (exact) mass is 406 g/mol. The number of nitrogens with two attached hydrogens (primary N) is 1. The number of amides is 5. The average molecular weight is 406 g/mol. The predicted molar refractivity (Wildman–Crippen MR) is 97.5 cm³/mol. The topological polar surface area (TPSA) is 192 Å². The van der Waals surface area contributed by atoms with Crippen LogP contribution in [0, 0.1) is 0 Å². The van der Waals surface area contributed by atoms with Gasteiger partial charge in [0.1, 0.15) is 6.04 Å². The summed E-state index contributed by atoms with van der Waals surface area (Å²) in [5, 5.41) is 17.4. The molecule has 0 saturated carbocycles. The van der Waals surface area contributed by atoms with Crippen molar-refractivity contribution < 1.29 is 29.2 Å². The van der Waals surface area contributed by atoms with Crippen molar-refractivity contribution in [1.82, 2.24) is 26.7 Å². The molecule has 0 aromatic rings. The highest BCUT2D eigenvalue weighted by Gasteiger charge is 2.18. The molecule has 13 heteroatoms. The lowest BCUT2D eigenvalue weighted by Gasteiger charge is -2.15. The summed E-state index contributed by atoms with van der Waals surface area (Å²) < 4.78 is 0. The quantitative estimate of drug-likeness (QED) is 0.128. The first-order valence-electron chi connectivity index (χ1n) is 8.00. The molecule has 0 aliphatic carbocycles. The second-order valence-electron chi connectivity index (χ2n) is 5.42. The van der Waals surface area contributed by atoms with E-state index >= 15 is 0 Å². The van der Waals surface area contributed by atoms with E-state index in [2.05, 4.69) is 21.3 Å². The van der Waals surface area contributed by atoms with Crippen molar-refractivity contribution >= 4 is 41.3 Å². The summed E-state index contributed by atoms with van der Waals surface area (Å²) in [6, 6.07) is -1.66. The molecule has 0 aliphatic heterocycles. The van der Waals surface area contributed by atoms with Crippen LogP contribution >= 0.6 is 11.8 Å². The van der Waals surface area contributed by atoms with Crippen molar-refractivity contribution in [2.45, 2.75) is 25.4 Å². The Morgan fingerprint density at radius 1 is 0.926 bits per heavy atom. The summed E-state index contributed by atoms with van der Waals surface area (Å²) >= 11 is 1.55. The van der Waals surface area contributed by atoms with Crippen molar-refractivity contribution in [2.24, 2.45) is 5.73 Å². The molecule has 0 heterocycles. The third-order valence-electron chi connectivity index (χ3n) is 3.16. The molecule has 27 heavy (non-hydrogen) atoms. The lowest BCUT2D eigenvalue weighted by molar-refractivity contribution is -0.132. The number of hydroxylamine groups is 1. The third kappa shape index (κ3) is 11.8. The Morgan fingerprint density at radius 3 is 2.07 bits per heavy atom. The molecule has 0 aromatic heterocycles. The van der Waals surface area contributed by atoms with Crippen LogP contribution in [-0.2, 0) is 24.0 Å². The molecule has 0 fully saturated rings.